The number of nitrogens with zero attached hydrogens (tertiary/aromatic N) is 2. The Hall–Kier alpha value is -3.29. The van der Waals surface area contributed by atoms with Gasteiger partial charge in [-0.1, -0.05) is 30.9 Å². The van der Waals surface area contributed by atoms with Gasteiger partial charge in [-0.25, -0.2) is 4.79 Å². The average Bonchev–Trinajstić information content (AvgIpc) is 2.85. The van der Waals surface area contributed by atoms with Gasteiger partial charge in [0.05, 0.1) is 17.0 Å². The van der Waals surface area contributed by atoms with Crippen molar-refractivity contribution in [2.75, 3.05) is 26.2 Å². The summed E-state index contributed by atoms with van der Waals surface area (Å²) >= 11 is 0. The number of piperidine rings is 1. The highest BCUT2D eigenvalue weighted by Gasteiger charge is 2.55. The number of benzene rings is 1. The van der Waals surface area contributed by atoms with E-state index in [0.717, 1.165) is 25.7 Å². The molecule has 1 N–H and O–H groups in total. The van der Waals surface area contributed by atoms with E-state index in [9.17, 15) is 14.4 Å². The van der Waals surface area contributed by atoms with Gasteiger partial charge in [-0.15, -0.1) is 6.58 Å². The third-order valence-electron chi connectivity index (χ3n) is 7.80. The van der Waals surface area contributed by atoms with Gasteiger partial charge in [-0.05, 0) is 70.9 Å². The first-order valence-electron chi connectivity index (χ1n) is 13.6. The van der Waals surface area contributed by atoms with Gasteiger partial charge in [0.25, 0.3) is 5.91 Å². The second-order valence-corrected chi connectivity index (χ2v) is 11.8. The number of allylic oxidation sites excluding steroid dienone is 1. The van der Waals surface area contributed by atoms with Crippen molar-refractivity contribution in [3.8, 4) is 5.75 Å². The summed E-state index contributed by atoms with van der Waals surface area (Å²) in [6, 6.07) is 6.94. The van der Waals surface area contributed by atoms with Crippen LogP contribution in [0.15, 0.2) is 49.6 Å². The monoisotopic (exact) mass is 523 g/mol. The Kier molecular flexibility index (Phi) is 8.19. The Balaban J connectivity index is 1.49. The maximum Gasteiger partial charge on any atom is 0.410 e. The molecule has 1 aliphatic carbocycles. The molecule has 206 valence electrons. The first-order valence-corrected chi connectivity index (χ1v) is 13.6. The molecular formula is C30H41N3O5. The third kappa shape index (κ3) is 5.89. The standard InChI is InChI=1S/C30H41N3O5/c1-6-15-30(19-32(20-30)28(36)38-29(3,4)5)27(35)33-16-14-21-12-13-23(24(33)18-21)31-26(34)22-10-8-9-11-25(22)37-17-7-2/h6-11,21,23-24H,1-2,12-20H2,3-5H3,(H,31,34). The molecule has 1 aromatic carbocycles. The number of carbonyl (C=O) groups excluding carboxylic acids is 3. The highest BCUT2D eigenvalue weighted by atomic mass is 16.6. The van der Waals surface area contributed by atoms with E-state index in [4.69, 9.17) is 9.47 Å². The van der Waals surface area contributed by atoms with Crippen LogP contribution in [-0.4, -0.2) is 71.6 Å². The van der Waals surface area contributed by atoms with Gasteiger partial charge in [-0.3, -0.25) is 9.59 Å². The first-order chi connectivity index (χ1) is 18.1. The van der Waals surface area contributed by atoms with Gasteiger partial charge in [0.1, 0.15) is 18.0 Å². The first kappa shape index (κ1) is 27.7. The summed E-state index contributed by atoms with van der Waals surface area (Å²) < 4.78 is 11.2. The molecule has 1 aromatic rings. The predicted octanol–water partition coefficient (Wildman–Crippen LogP) is 4.56. The summed E-state index contributed by atoms with van der Waals surface area (Å²) in [5, 5.41) is 3.22. The molecule has 8 heteroatoms. The van der Waals surface area contributed by atoms with E-state index in [0.29, 0.717) is 49.9 Å². The van der Waals surface area contributed by atoms with Crippen molar-refractivity contribution < 1.29 is 23.9 Å². The van der Waals surface area contributed by atoms with Crippen molar-refractivity contribution in [3.63, 3.8) is 0 Å². The topological polar surface area (TPSA) is 88.2 Å². The number of fused-ring (bicyclic) bond motifs is 2. The second-order valence-electron chi connectivity index (χ2n) is 11.8. The summed E-state index contributed by atoms with van der Waals surface area (Å²) in [6.07, 6.45) is 7.17. The molecule has 3 fully saturated rings. The Bertz CT molecular complexity index is 1070. The maximum atomic E-state index is 14.1. The van der Waals surface area contributed by atoms with E-state index in [-0.39, 0.29) is 23.9 Å². The van der Waals surface area contributed by atoms with Gasteiger partial charge >= 0.3 is 6.09 Å². The number of carbonyl (C=O) groups is 3. The summed E-state index contributed by atoms with van der Waals surface area (Å²) in [6.45, 7) is 14.6. The number of rotatable bonds is 8. The van der Waals surface area contributed by atoms with Crippen LogP contribution in [0, 0.1) is 11.3 Å². The molecule has 38 heavy (non-hydrogen) atoms. The Morgan fingerprint density at radius 1 is 1.11 bits per heavy atom. The summed E-state index contributed by atoms with van der Waals surface area (Å²) in [5.41, 5.74) is -0.828. The van der Waals surface area contributed by atoms with Crippen molar-refractivity contribution >= 4 is 17.9 Å². The lowest BCUT2D eigenvalue weighted by atomic mass is 9.72. The van der Waals surface area contributed by atoms with Crippen molar-refractivity contribution in [1.29, 1.82) is 0 Å². The van der Waals surface area contributed by atoms with Gasteiger partial charge in [0, 0.05) is 25.7 Å². The molecule has 2 heterocycles. The fourth-order valence-electron chi connectivity index (χ4n) is 5.99. The van der Waals surface area contributed by atoms with E-state index in [1.165, 1.54) is 0 Å². The van der Waals surface area contributed by atoms with E-state index in [1.807, 2.05) is 37.8 Å². The van der Waals surface area contributed by atoms with Gasteiger partial charge in [0.2, 0.25) is 5.91 Å². The smallest absolute Gasteiger partial charge is 0.410 e. The zero-order valence-electron chi connectivity index (χ0n) is 22.9. The highest BCUT2D eigenvalue weighted by molar-refractivity contribution is 5.97. The fraction of sp³-hybridized carbons (Fsp3) is 0.567. The molecule has 2 bridgehead atoms. The van der Waals surface area contributed by atoms with E-state index in [2.05, 4.69) is 18.5 Å². The third-order valence-corrected chi connectivity index (χ3v) is 7.80. The lowest BCUT2D eigenvalue weighted by Gasteiger charge is -2.54. The molecule has 4 rings (SSSR count). The summed E-state index contributed by atoms with van der Waals surface area (Å²) in [7, 11) is 0. The number of para-hydroxylation sites is 1. The summed E-state index contributed by atoms with van der Waals surface area (Å²) in [4.78, 5) is 43.6. The second kappa shape index (κ2) is 11.2. The van der Waals surface area contributed by atoms with Crippen molar-refractivity contribution in [2.45, 2.75) is 70.6 Å². The Morgan fingerprint density at radius 3 is 2.53 bits per heavy atom. The average molecular weight is 524 g/mol. The molecule has 1 saturated carbocycles. The van der Waals surface area contributed by atoms with Crippen molar-refractivity contribution in [3.05, 3.63) is 55.1 Å². The van der Waals surface area contributed by atoms with Gasteiger partial charge in [-0.2, -0.15) is 0 Å². The van der Waals surface area contributed by atoms with Crippen LogP contribution in [0.2, 0.25) is 0 Å². The number of likely N-dealkylation sites (tertiary alicyclic amines) is 2. The normalized spacial score (nSPS) is 24.0. The van der Waals surface area contributed by atoms with Crippen molar-refractivity contribution in [1.82, 2.24) is 15.1 Å². The van der Waals surface area contributed by atoms with Crippen LogP contribution < -0.4 is 10.1 Å². The minimum Gasteiger partial charge on any atom is -0.489 e. The molecule has 8 nitrogen and oxygen atoms in total. The number of hydrogen-bond acceptors (Lipinski definition) is 5. The molecule has 3 atom stereocenters. The van der Waals surface area contributed by atoms with Crippen LogP contribution in [0.5, 0.6) is 5.75 Å². The predicted molar refractivity (Wildman–Crippen MR) is 146 cm³/mol. The van der Waals surface area contributed by atoms with E-state index in [1.54, 1.807) is 29.2 Å². The quantitative estimate of drug-likeness (QED) is 0.505. The van der Waals surface area contributed by atoms with Gasteiger partial charge < -0.3 is 24.6 Å². The lowest BCUT2D eigenvalue weighted by molar-refractivity contribution is -0.158. The largest absolute Gasteiger partial charge is 0.489 e. The van der Waals surface area contributed by atoms with Crippen LogP contribution in [-0.2, 0) is 9.53 Å². The minimum absolute atomic E-state index is 0.0384. The van der Waals surface area contributed by atoms with Gasteiger partial charge in [0.15, 0.2) is 0 Å². The highest BCUT2D eigenvalue weighted by Crippen LogP contribution is 2.42. The number of amides is 3. The molecule has 3 unspecified atom stereocenters. The maximum absolute atomic E-state index is 14.1. The number of hydrogen-bond donors (Lipinski definition) is 1. The van der Waals surface area contributed by atoms with E-state index >= 15 is 0 Å². The zero-order valence-corrected chi connectivity index (χ0v) is 22.9. The van der Waals surface area contributed by atoms with Crippen LogP contribution in [0.25, 0.3) is 0 Å². The van der Waals surface area contributed by atoms with Crippen LogP contribution in [0.3, 0.4) is 0 Å². The van der Waals surface area contributed by atoms with Crippen LogP contribution in [0.1, 0.15) is 63.2 Å². The summed E-state index contributed by atoms with van der Waals surface area (Å²) in [5.74, 6) is 0.898. The Labute approximate surface area is 226 Å². The molecule has 0 radical (unpaired) electrons. The van der Waals surface area contributed by atoms with E-state index < -0.39 is 17.1 Å². The minimum atomic E-state index is -0.706. The number of nitrogens with one attached hydrogen (secondary N) is 1. The van der Waals surface area contributed by atoms with Crippen LogP contribution >= 0.6 is 0 Å². The SMILES string of the molecule is C=CCOc1ccccc1C(=O)NC1CCC2CCN(C(=O)C3(CC=C)CN(C(=O)OC(C)(C)C)C3)C1C2. The molecule has 0 aromatic heterocycles. The molecule has 2 saturated heterocycles. The molecule has 0 spiro atoms. The lowest BCUT2D eigenvalue weighted by Crippen LogP contribution is -2.69. The molecular weight excluding hydrogens is 482 g/mol. The van der Waals surface area contributed by atoms with Crippen molar-refractivity contribution in [2.24, 2.45) is 11.3 Å². The molecule has 3 aliphatic rings. The number of ether oxygens (including phenoxy) is 2. The molecule has 2 aliphatic heterocycles. The molecule has 3 amide bonds. The Morgan fingerprint density at radius 2 is 1.84 bits per heavy atom. The zero-order chi connectivity index (χ0) is 27.5. The fourth-order valence-corrected chi connectivity index (χ4v) is 5.99. The van der Waals surface area contributed by atoms with Crippen LogP contribution in [0.4, 0.5) is 4.79 Å².